The van der Waals surface area contributed by atoms with Crippen LogP contribution >= 0.6 is 15.9 Å². The Morgan fingerprint density at radius 2 is 2.00 bits per heavy atom. The van der Waals surface area contributed by atoms with Crippen molar-refractivity contribution in [3.8, 4) is 5.75 Å². The number of hydrogen-bond donors (Lipinski definition) is 2. The van der Waals surface area contributed by atoms with Crippen LogP contribution in [-0.2, 0) is 6.54 Å². The van der Waals surface area contributed by atoms with E-state index in [1.165, 1.54) is 0 Å². The fourth-order valence-electron chi connectivity index (χ4n) is 3.68. The van der Waals surface area contributed by atoms with Gasteiger partial charge in [-0.25, -0.2) is 19.4 Å². The number of carboxylic acid groups (broad SMARTS) is 1. The smallest absolute Gasteiger partial charge is 0.405 e. The molecule has 1 saturated heterocycles. The van der Waals surface area contributed by atoms with Gasteiger partial charge in [-0.1, -0.05) is 12.1 Å². The van der Waals surface area contributed by atoms with Gasteiger partial charge in [-0.15, -0.1) is 0 Å². The Morgan fingerprint density at radius 1 is 1.30 bits per heavy atom. The normalized spacial score (nSPS) is 15.9. The first-order valence-corrected chi connectivity index (χ1v) is 10.4. The van der Waals surface area contributed by atoms with Gasteiger partial charge in [0.25, 0.3) is 0 Å². The zero-order valence-electron chi connectivity index (χ0n) is 16.8. The second kappa shape index (κ2) is 8.10. The van der Waals surface area contributed by atoms with E-state index >= 15 is 0 Å². The van der Waals surface area contributed by atoms with Gasteiger partial charge in [0.1, 0.15) is 17.1 Å². The SMILES string of the molecule is COc1ccc(Cn2nc(Br)c3ncc(N4CCC(C)(NC(=O)O)CC4)nc32)cc1. The summed E-state index contributed by atoms with van der Waals surface area (Å²) in [6, 6.07) is 7.84. The number of nitrogens with one attached hydrogen (secondary N) is 1. The van der Waals surface area contributed by atoms with E-state index in [1.807, 2.05) is 35.9 Å². The molecule has 1 aromatic carbocycles. The number of nitrogens with zero attached hydrogens (tertiary/aromatic N) is 5. The minimum absolute atomic E-state index is 0.418. The number of carbonyl (C=O) groups is 1. The molecule has 0 atom stereocenters. The number of piperidine rings is 1. The molecular weight excluding hydrogens is 452 g/mol. The van der Waals surface area contributed by atoms with Crippen molar-refractivity contribution in [3.63, 3.8) is 0 Å². The van der Waals surface area contributed by atoms with Gasteiger partial charge in [-0.05, 0) is 53.4 Å². The lowest BCUT2D eigenvalue weighted by Crippen LogP contribution is -2.53. The molecule has 2 aromatic heterocycles. The molecule has 0 radical (unpaired) electrons. The van der Waals surface area contributed by atoms with Gasteiger partial charge in [0.15, 0.2) is 10.3 Å². The number of halogens is 1. The number of anilines is 1. The van der Waals surface area contributed by atoms with Gasteiger partial charge in [-0.2, -0.15) is 5.10 Å². The van der Waals surface area contributed by atoms with E-state index < -0.39 is 11.6 Å². The lowest BCUT2D eigenvalue weighted by Gasteiger charge is -2.39. The first-order chi connectivity index (χ1) is 14.4. The van der Waals surface area contributed by atoms with Gasteiger partial charge in [0.05, 0.1) is 19.9 Å². The molecule has 3 aromatic rings. The average molecular weight is 475 g/mol. The van der Waals surface area contributed by atoms with Crippen LogP contribution < -0.4 is 15.0 Å². The zero-order chi connectivity index (χ0) is 21.3. The van der Waals surface area contributed by atoms with E-state index in [1.54, 1.807) is 13.3 Å². The van der Waals surface area contributed by atoms with Crippen molar-refractivity contribution in [2.75, 3.05) is 25.1 Å². The van der Waals surface area contributed by atoms with Crippen LogP contribution in [0.1, 0.15) is 25.3 Å². The number of methoxy groups -OCH3 is 1. The summed E-state index contributed by atoms with van der Waals surface area (Å²) in [5.41, 5.74) is 2.07. The summed E-state index contributed by atoms with van der Waals surface area (Å²) in [5, 5.41) is 16.2. The second-order valence-electron chi connectivity index (χ2n) is 7.67. The molecule has 1 aliphatic rings. The molecule has 158 valence electrons. The molecule has 10 heteroatoms. The minimum Gasteiger partial charge on any atom is -0.497 e. The highest BCUT2D eigenvalue weighted by molar-refractivity contribution is 9.10. The van der Waals surface area contributed by atoms with Crippen LogP contribution in [0, 0.1) is 0 Å². The van der Waals surface area contributed by atoms with Crippen LogP contribution in [0.4, 0.5) is 10.6 Å². The van der Waals surface area contributed by atoms with Gasteiger partial charge in [-0.3, -0.25) is 0 Å². The average Bonchev–Trinajstić information content (AvgIpc) is 3.03. The highest BCUT2D eigenvalue weighted by Gasteiger charge is 2.32. The molecule has 30 heavy (non-hydrogen) atoms. The van der Waals surface area contributed by atoms with Gasteiger partial charge >= 0.3 is 6.09 Å². The zero-order valence-corrected chi connectivity index (χ0v) is 18.4. The number of benzene rings is 1. The number of aromatic nitrogens is 4. The molecule has 1 aliphatic heterocycles. The lowest BCUT2D eigenvalue weighted by molar-refractivity contribution is 0.173. The molecule has 0 spiro atoms. The van der Waals surface area contributed by atoms with Gasteiger partial charge in [0.2, 0.25) is 0 Å². The predicted octanol–water partition coefficient (Wildman–Crippen LogP) is 3.27. The molecule has 0 saturated carbocycles. The highest BCUT2D eigenvalue weighted by atomic mass is 79.9. The molecule has 2 N–H and O–H groups in total. The first-order valence-electron chi connectivity index (χ1n) is 9.65. The van der Waals surface area contributed by atoms with Crippen molar-refractivity contribution in [1.29, 1.82) is 0 Å². The fourth-order valence-corrected chi connectivity index (χ4v) is 4.15. The Hall–Kier alpha value is -2.88. The van der Waals surface area contributed by atoms with Gasteiger partial charge in [0, 0.05) is 18.6 Å². The number of amides is 1. The van der Waals surface area contributed by atoms with Crippen molar-refractivity contribution in [1.82, 2.24) is 25.1 Å². The van der Waals surface area contributed by atoms with Crippen LogP contribution in [0.2, 0.25) is 0 Å². The Bertz CT molecular complexity index is 1060. The molecule has 0 unspecified atom stereocenters. The van der Waals surface area contributed by atoms with Crippen molar-refractivity contribution in [3.05, 3.63) is 40.6 Å². The molecule has 9 nitrogen and oxygen atoms in total. The minimum atomic E-state index is -0.987. The molecule has 1 fully saturated rings. The second-order valence-corrected chi connectivity index (χ2v) is 8.43. The van der Waals surface area contributed by atoms with E-state index in [4.69, 9.17) is 14.8 Å². The predicted molar refractivity (Wildman–Crippen MR) is 116 cm³/mol. The Labute approximate surface area is 182 Å². The van der Waals surface area contributed by atoms with E-state index in [2.05, 4.69) is 36.2 Å². The van der Waals surface area contributed by atoms with Crippen molar-refractivity contribution in [2.45, 2.75) is 31.8 Å². The van der Waals surface area contributed by atoms with Crippen LogP contribution in [0.5, 0.6) is 5.75 Å². The number of hydrogen-bond acceptors (Lipinski definition) is 6. The van der Waals surface area contributed by atoms with E-state index in [-0.39, 0.29) is 0 Å². The first kappa shape index (κ1) is 20.4. The summed E-state index contributed by atoms with van der Waals surface area (Å²) >= 11 is 3.48. The van der Waals surface area contributed by atoms with Crippen molar-refractivity contribution in [2.24, 2.45) is 0 Å². The quantitative estimate of drug-likeness (QED) is 0.584. The topological polar surface area (TPSA) is 105 Å². The summed E-state index contributed by atoms with van der Waals surface area (Å²) in [4.78, 5) is 22.6. The molecule has 0 bridgehead atoms. The maximum atomic E-state index is 11.0. The van der Waals surface area contributed by atoms with Gasteiger partial charge < -0.3 is 20.1 Å². The van der Waals surface area contributed by atoms with E-state index in [0.29, 0.717) is 48.2 Å². The summed E-state index contributed by atoms with van der Waals surface area (Å²) in [6.45, 7) is 3.90. The number of rotatable bonds is 5. The summed E-state index contributed by atoms with van der Waals surface area (Å²) in [5.74, 6) is 1.57. The van der Waals surface area contributed by atoms with Crippen molar-refractivity contribution < 1.29 is 14.6 Å². The Balaban J connectivity index is 1.56. The summed E-state index contributed by atoms with van der Waals surface area (Å²) in [6.07, 6.45) is 2.17. The Morgan fingerprint density at radius 3 is 2.63 bits per heavy atom. The maximum absolute atomic E-state index is 11.0. The molecule has 4 rings (SSSR count). The molecule has 3 heterocycles. The van der Waals surface area contributed by atoms with Crippen LogP contribution in [0.25, 0.3) is 11.2 Å². The summed E-state index contributed by atoms with van der Waals surface area (Å²) in [7, 11) is 1.64. The fraction of sp³-hybridized carbons (Fsp3) is 0.400. The van der Waals surface area contributed by atoms with Crippen LogP contribution in [-0.4, -0.2) is 56.7 Å². The standard InChI is InChI=1S/C20H23BrN6O3/c1-20(24-19(28)29)7-9-26(10-8-20)15-11-22-16-17(21)25-27(18(16)23-15)12-13-3-5-14(30-2)6-4-13/h3-6,11,24H,7-10,12H2,1-2H3,(H,28,29). The monoisotopic (exact) mass is 474 g/mol. The molecular formula is C20H23BrN6O3. The molecule has 0 aliphatic carbocycles. The summed E-state index contributed by atoms with van der Waals surface area (Å²) < 4.78 is 7.70. The maximum Gasteiger partial charge on any atom is 0.405 e. The van der Waals surface area contributed by atoms with E-state index in [0.717, 1.165) is 17.1 Å². The third-order valence-corrected chi connectivity index (χ3v) is 6.02. The number of ether oxygens (including phenoxy) is 1. The Kier molecular flexibility index (Phi) is 5.50. The van der Waals surface area contributed by atoms with Crippen LogP contribution in [0.3, 0.4) is 0 Å². The highest BCUT2D eigenvalue weighted by Crippen LogP contribution is 2.27. The van der Waals surface area contributed by atoms with Crippen molar-refractivity contribution >= 4 is 39.0 Å². The lowest BCUT2D eigenvalue weighted by atomic mass is 9.90. The largest absolute Gasteiger partial charge is 0.497 e. The van der Waals surface area contributed by atoms with E-state index in [9.17, 15) is 4.79 Å². The van der Waals surface area contributed by atoms with Crippen LogP contribution in [0.15, 0.2) is 35.1 Å². The molecule has 1 amide bonds. The third kappa shape index (κ3) is 4.18. The number of fused-ring (bicyclic) bond motifs is 1. The third-order valence-electron chi connectivity index (χ3n) is 5.48.